The second-order valence-electron chi connectivity index (χ2n) is 22.4. The average molecular weight is 883 g/mol. The van der Waals surface area contributed by atoms with Gasteiger partial charge in [-0.2, -0.15) is 0 Å². The fraction of sp³-hybridized carbons (Fsp3) is 0.935. The molecule has 9 N–H and O–H groups in total. The van der Waals surface area contributed by atoms with Crippen LogP contribution in [0.15, 0.2) is 11.6 Å². The lowest BCUT2D eigenvalue weighted by atomic mass is 9.33. The molecular weight excluding hydrogens is 808 g/mol. The molecule has 5 aliphatic carbocycles. The Morgan fingerprint density at radius 1 is 0.710 bits per heavy atom. The van der Waals surface area contributed by atoms with Crippen LogP contribution in [0.25, 0.3) is 0 Å². The molecule has 8 rings (SSSR count). The van der Waals surface area contributed by atoms with E-state index in [1.54, 1.807) is 0 Å². The van der Waals surface area contributed by atoms with Crippen molar-refractivity contribution in [3.8, 4) is 0 Å². The Hall–Kier alpha value is -1.35. The number of aliphatic hydroxyl groups excluding tert-OH is 8. The normalized spacial score (nSPS) is 55.1. The van der Waals surface area contributed by atoms with Crippen molar-refractivity contribution in [3.05, 3.63) is 11.6 Å². The SMILES string of the molecule is C[C@@H]1O[C@@H](O[C@H]2[C@H](O[C@@H]3CC[C@@]4(C)[C@@H](CC[C@]5(C)[C@@H]4CC=C4[C@@H]6CC(C)(C)CC[C@]6(C(=O)O)CC[C@]45C)[C@]3(C)CO)OC[C@H](O)[C@@H]2O[C@@H]2OC[C@@H](O)[C@H](O)[C@H]2O)[C@H](O)[C@H](O)[C@H]1O. The molecule has 0 radical (unpaired) electrons. The van der Waals surface area contributed by atoms with Crippen molar-refractivity contribution >= 4 is 5.97 Å². The first-order valence-electron chi connectivity index (χ1n) is 23.1. The van der Waals surface area contributed by atoms with Crippen LogP contribution in [0, 0.1) is 50.2 Å². The first-order valence-corrected chi connectivity index (χ1v) is 23.1. The van der Waals surface area contributed by atoms with E-state index in [9.17, 15) is 50.8 Å². The van der Waals surface area contributed by atoms with Crippen molar-refractivity contribution in [1.29, 1.82) is 0 Å². The number of rotatable bonds is 8. The molecule has 0 aromatic heterocycles. The first-order chi connectivity index (χ1) is 29.0. The molecule has 4 saturated carbocycles. The minimum atomic E-state index is -1.73. The Morgan fingerprint density at radius 2 is 1.35 bits per heavy atom. The summed E-state index contributed by atoms with van der Waals surface area (Å²) in [6.45, 7) is 14.4. The summed E-state index contributed by atoms with van der Waals surface area (Å²) in [5.74, 6) is -0.403. The van der Waals surface area contributed by atoms with E-state index in [2.05, 4.69) is 40.7 Å². The number of carbonyl (C=O) groups is 1. The Morgan fingerprint density at radius 3 is 2.05 bits per heavy atom. The molecule has 0 aromatic rings. The zero-order valence-corrected chi connectivity index (χ0v) is 37.5. The van der Waals surface area contributed by atoms with E-state index in [4.69, 9.17) is 28.4 Å². The highest BCUT2D eigenvalue weighted by Crippen LogP contribution is 2.76. The maximum Gasteiger partial charge on any atom is 0.310 e. The Labute approximate surface area is 364 Å². The Bertz CT molecular complexity index is 1690. The molecule has 7 fully saturated rings. The second-order valence-corrected chi connectivity index (χ2v) is 22.4. The van der Waals surface area contributed by atoms with Crippen LogP contribution in [0.3, 0.4) is 0 Å². The van der Waals surface area contributed by atoms with Gasteiger partial charge < -0.3 is 74.4 Å². The van der Waals surface area contributed by atoms with Crippen LogP contribution in [0.4, 0.5) is 0 Å². The highest BCUT2D eigenvalue weighted by molar-refractivity contribution is 5.76. The molecule has 62 heavy (non-hydrogen) atoms. The average Bonchev–Trinajstić information content (AvgIpc) is 3.22. The van der Waals surface area contributed by atoms with Crippen LogP contribution in [-0.4, -0.2) is 158 Å². The third-order valence-electron chi connectivity index (χ3n) is 18.7. The lowest BCUT2D eigenvalue weighted by Gasteiger charge is -2.71. The molecule has 0 bridgehead atoms. The fourth-order valence-electron chi connectivity index (χ4n) is 14.5. The zero-order valence-electron chi connectivity index (χ0n) is 37.5. The molecular formula is C46H74O16. The van der Waals surface area contributed by atoms with Crippen molar-refractivity contribution in [1.82, 2.24) is 0 Å². The number of allylic oxidation sites excluding steroid dienone is 2. The summed E-state index contributed by atoms with van der Waals surface area (Å²) >= 11 is 0. The van der Waals surface area contributed by atoms with Gasteiger partial charge >= 0.3 is 5.97 Å². The lowest BCUT2D eigenvalue weighted by Crippen LogP contribution is -2.67. The minimum absolute atomic E-state index is 0.00380. The largest absolute Gasteiger partial charge is 0.481 e. The van der Waals surface area contributed by atoms with E-state index in [-0.39, 0.29) is 59.2 Å². The number of hydrogen-bond donors (Lipinski definition) is 9. The Kier molecular flexibility index (Phi) is 12.5. The van der Waals surface area contributed by atoms with Gasteiger partial charge in [-0.25, -0.2) is 0 Å². The fourth-order valence-corrected chi connectivity index (χ4v) is 14.5. The van der Waals surface area contributed by atoms with Gasteiger partial charge in [0.25, 0.3) is 0 Å². The molecule has 16 heteroatoms. The van der Waals surface area contributed by atoms with Crippen LogP contribution in [-0.2, 0) is 33.2 Å². The zero-order chi connectivity index (χ0) is 45.1. The lowest BCUT2D eigenvalue weighted by molar-refractivity contribution is -0.384. The molecule has 3 saturated heterocycles. The smallest absolute Gasteiger partial charge is 0.310 e. The number of hydrogen-bond acceptors (Lipinski definition) is 15. The number of carboxylic acids is 1. The highest BCUT2D eigenvalue weighted by Gasteiger charge is 2.70. The third kappa shape index (κ3) is 7.19. The molecule has 3 aliphatic heterocycles. The summed E-state index contributed by atoms with van der Waals surface area (Å²) in [6, 6.07) is 0. The highest BCUT2D eigenvalue weighted by atomic mass is 16.8. The van der Waals surface area contributed by atoms with Crippen LogP contribution >= 0.6 is 0 Å². The number of carboxylic acid groups (broad SMARTS) is 1. The number of aliphatic hydroxyl groups is 8. The maximum atomic E-state index is 13.1. The first kappa shape index (κ1) is 47.2. The monoisotopic (exact) mass is 882 g/mol. The van der Waals surface area contributed by atoms with Gasteiger partial charge in [0.05, 0.1) is 37.4 Å². The molecule has 354 valence electrons. The van der Waals surface area contributed by atoms with Crippen LogP contribution in [0.2, 0.25) is 0 Å². The van der Waals surface area contributed by atoms with Crippen molar-refractivity contribution < 1.29 is 79.2 Å². The summed E-state index contributed by atoms with van der Waals surface area (Å²) in [6.07, 6.45) is -9.39. The Balaban J connectivity index is 1.08. The van der Waals surface area contributed by atoms with E-state index < -0.39 is 103 Å². The summed E-state index contributed by atoms with van der Waals surface area (Å²) in [4.78, 5) is 13.1. The predicted octanol–water partition coefficient (Wildman–Crippen LogP) is 1.98. The van der Waals surface area contributed by atoms with E-state index in [0.29, 0.717) is 19.3 Å². The third-order valence-corrected chi connectivity index (χ3v) is 18.7. The standard InChI is InChI=1S/C46H74O16/c1-22-30(50)32(52)34(54)38(59-22)62-36-35(61-37-33(53)31(51)25(48)19-57-37)26(49)20-58-39(36)60-29-11-12-42(4)27(43(29,5)21-47)10-13-45(7)28(42)9-8-23-24-18-41(2,3)14-16-46(24,40(55)56)17-15-44(23,45)6/h8,22,24-39,47-54H,9-21H2,1-7H3,(H,55,56)/t22-,24-,25+,26-,27+,28+,29+,30-,31-,32+,33+,34+,35-,36+,37-,38-,39-,42-,43-,44+,45+,46-/m0/s1. The minimum Gasteiger partial charge on any atom is -0.481 e. The molecule has 0 amide bonds. The van der Waals surface area contributed by atoms with Gasteiger partial charge in [-0.05, 0) is 111 Å². The van der Waals surface area contributed by atoms with Gasteiger partial charge in [-0.3, -0.25) is 4.79 Å². The molecule has 0 unspecified atom stereocenters. The van der Waals surface area contributed by atoms with Crippen LogP contribution in [0.5, 0.6) is 0 Å². The molecule has 0 aromatic carbocycles. The van der Waals surface area contributed by atoms with E-state index in [1.165, 1.54) is 12.5 Å². The summed E-state index contributed by atoms with van der Waals surface area (Å²) in [5.41, 5.74) is -0.637. The van der Waals surface area contributed by atoms with Gasteiger partial charge in [0.15, 0.2) is 18.9 Å². The van der Waals surface area contributed by atoms with Crippen molar-refractivity contribution in [3.63, 3.8) is 0 Å². The van der Waals surface area contributed by atoms with Gasteiger partial charge in [0.2, 0.25) is 0 Å². The topological polar surface area (TPSA) is 255 Å². The number of ether oxygens (including phenoxy) is 6. The molecule has 0 spiro atoms. The van der Waals surface area contributed by atoms with Crippen molar-refractivity contribution in [2.45, 2.75) is 199 Å². The summed E-state index contributed by atoms with van der Waals surface area (Å²) in [5, 5.41) is 97.0. The van der Waals surface area contributed by atoms with Crippen LogP contribution in [0.1, 0.15) is 113 Å². The maximum absolute atomic E-state index is 13.1. The molecule has 22 atom stereocenters. The van der Waals surface area contributed by atoms with Crippen molar-refractivity contribution in [2.75, 3.05) is 19.8 Å². The van der Waals surface area contributed by atoms with Gasteiger partial charge in [0.1, 0.15) is 54.9 Å². The van der Waals surface area contributed by atoms with Gasteiger partial charge in [-0.1, -0.05) is 53.2 Å². The quantitative estimate of drug-likeness (QED) is 0.125. The number of aliphatic carboxylic acids is 1. The number of fused-ring (bicyclic) bond motifs is 7. The second kappa shape index (κ2) is 16.5. The summed E-state index contributed by atoms with van der Waals surface area (Å²) in [7, 11) is 0. The van der Waals surface area contributed by atoms with Gasteiger partial charge in [-0.15, -0.1) is 0 Å². The van der Waals surface area contributed by atoms with E-state index in [0.717, 1.165) is 44.9 Å². The van der Waals surface area contributed by atoms with E-state index in [1.807, 2.05) is 6.92 Å². The van der Waals surface area contributed by atoms with Gasteiger partial charge in [0, 0.05) is 5.41 Å². The molecule has 3 heterocycles. The predicted molar refractivity (Wildman–Crippen MR) is 219 cm³/mol. The molecule has 16 nitrogen and oxygen atoms in total. The molecule has 8 aliphatic rings. The van der Waals surface area contributed by atoms with E-state index >= 15 is 0 Å². The summed E-state index contributed by atoms with van der Waals surface area (Å²) < 4.78 is 36.8. The van der Waals surface area contributed by atoms with Crippen LogP contribution < -0.4 is 0 Å². The van der Waals surface area contributed by atoms with Crippen molar-refractivity contribution in [2.24, 2.45) is 50.2 Å².